The molecule has 2 aliphatic rings. The van der Waals surface area contributed by atoms with E-state index in [4.69, 9.17) is 10.7 Å². The van der Waals surface area contributed by atoms with E-state index in [1.165, 1.54) is 0 Å². The van der Waals surface area contributed by atoms with Crippen molar-refractivity contribution in [3.8, 4) is 6.07 Å². The van der Waals surface area contributed by atoms with Gasteiger partial charge in [-0.3, -0.25) is 9.36 Å². The number of pyridine rings is 1. The van der Waals surface area contributed by atoms with E-state index in [0.29, 0.717) is 29.0 Å². The molecule has 8 nitrogen and oxygen atoms in total. The minimum atomic E-state index is -0.349. The fourth-order valence-electron chi connectivity index (χ4n) is 4.98. The lowest BCUT2D eigenvalue weighted by atomic mass is 9.93. The molecule has 3 aromatic rings. The zero-order valence-corrected chi connectivity index (χ0v) is 19.0. The number of anilines is 2. The topological polar surface area (TPSA) is 104 Å². The summed E-state index contributed by atoms with van der Waals surface area (Å²) in [5, 5.41) is 10.1. The first-order valence-electron chi connectivity index (χ1n) is 11.6. The highest BCUT2D eigenvalue weighted by Crippen LogP contribution is 2.26. The second kappa shape index (κ2) is 8.49. The van der Waals surface area contributed by atoms with Gasteiger partial charge in [-0.2, -0.15) is 5.26 Å². The molecule has 2 saturated heterocycles. The first-order valence-corrected chi connectivity index (χ1v) is 11.6. The lowest BCUT2D eigenvalue weighted by molar-refractivity contribution is 0.369. The Labute approximate surface area is 193 Å². The molecule has 0 saturated carbocycles. The summed E-state index contributed by atoms with van der Waals surface area (Å²) in [5.74, 6) is 1.41. The zero-order chi connectivity index (χ0) is 23.0. The van der Waals surface area contributed by atoms with Crippen LogP contribution < -0.4 is 21.1 Å². The van der Waals surface area contributed by atoms with Crippen LogP contribution in [-0.4, -0.2) is 46.3 Å². The highest BCUT2D eigenvalue weighted by molar-refractivity contribution is 5.81. The van der Waals surface area contributed by atoms with Crippen LogP contribution >= 0.6 is 0 Å². The number of piperidine rings is 1. The zero-order valence-electron chi connectivity index (χ0n) is 19.0. The molecule has 2 N–H and O–H groups in total. The van der Waals surface area contributed by atoms with Crippen molar-refractivity contribution in [1.82, 2.24) is 14.5 Å². The van der Waals surface area contributed by atoms with E-state index >= 15 is 0 Å². The summed E-state index contributed by atoms with van der Waals surface area (Å²) in [6.45, 7) is 5.62. The van der Waals surface area contributed by atoms with Crippen LogP contribution in [0.5, 0.6) is 0 Å². The van der Waals surface area contributed by atoms with Crippen LogP contribution in [0.4, 0.5) is 11.8 Å². The van der Waals surface area contributed by atoms with Gasteiger partial charge in [-0.25, -0.2) is 9.97 Å². The highest BCUT2D eigenvalue weighted by Gasteiger charge is 2.30. The van der Waals surface area contributed by atoms with Gasteiger partial charge in [0.25, 0.3) is 5.56 Å². The maximum absolute atomic E-state index is 13.9. The molecule has 4 heterocycles. The average molecular weight is 444 g/mol. The van der Waals surface area contributed by atoms with Gasteiger partial charge in [-0.05, 0) is 50.3 Å². The number of hydrogen-bond acceptors (Lipinski definition) is 7. The molecule has 0 aliphatic carbocycles. The minimum Gasteiger partial charge on any atom is -0.357 e. The molecule has 0 unspecified atom stereocenters. The first kappa shape index (κ1) is 21.4. The second-order valence-electron chi connectivity index (χ2n) is 9.50. The predicted molar refractivity (Wildman–Crippen MR) is 130 cm³/mol. The van der Waals surface area contributed by atoms with Crippen LogP contribution in [-0.2, 0) is 6.54 Å². The van der Waals surface area contributed by atoms with Crippen LogP contribution in [0, 0.1) is 11.3 Å². The average Bonchev–Trinajstić information content (AvgIpc) is 3.35. The molecule has 0 amide bonds. The van der Waals surface area contributed by atoms with Gasteiger partial charge in [-0.15, -0.1) is 0 Å². The molecular formula is C25H29N7O. The Kier molecular flexibility index (Phi) is 5.51. The van der Waals surface area contributed by atoms with Crippen LogP contribution in [0.2, 0.25) is 0 Å². The molecule has 0 radical (unpaired) electrons. The van der Waals surface area contributed by atoms with Crippen molar-refractivity contribution in [2.45, 2.75) is 44.7 Å². The number of nitriles is 1. The molecule has 1 atom stereocenters. The van der Waals surface area contributed by atoms with E-state index in [1.807, 2.05) is 31.2 Å². The summed E-state index contributed by atoms with van der Waals surface area (Å²) >= 11 is 0. The lowest BCUT2D eigenvalue weighted by Crippen LogP contribution is -2.53. The maximum Gasteiger partial charge on any atom is 0.263 e. The number of aromatic nitrogens is 3. The molecule has 2 aliphatic heterocycles. The van der Waals surface area contributed by atoms with Gasteiger partial charge < -0.3 is 15.5 Å². The molecule has 5 rings (SSSR count). The van der Waals surface area contributed by atoms with Crippen LogP contribution in [0.25, 0.3) is 10.9 Å². The Balaban J connectivity index is 1.66. The van der Waals surface area contributed by atoms with E-state index in [0.717, 1.165) is 56.7 Å². The molecule has 170 valence electrons. The molecule has 0 bridgehead atoms. The normalized spacial score (nSPS) is 20.9. The third-order valence-electron chi connectivity index (χ3n) is 6.71. The number of rotatable bonds is 4. The minimum absolute atomic E-state index is 0.116. The summed E-state index contributed by atoms with van der Waals surface area (Å²) < 4.78 is 1.70. The Morgan fingerprint density at radius 2 is 1.91 bits per heavy atom. The molecular weight excluding hydrogens is 414 g/mol. The summed E-state index contributed by atoms with van der Waals surface area (Å²) in [5.41, 5.74) is 7.96. The molecule has 33 heavy (non-hydrogen) atoms. The van der Waals surface area contributed by atoms with Gasteiger partial charge in [-0.1, -0.05) is 18.2 Å². The Morgan fingerprint density at radius 3 is 2.67 bits per heavy atom. The third-order valence-corrected chi connectivity index (χ3v) is 6.71. The SMILES string of the molecule is C[C@]1(N)CCCN(c2nc3cnc(N4CCCC4)cc3c(=O)n2Cc2ccccc2C#N)C1. The van der Waals surface area contributed by atoms with E-state index in [-0.39, 0.29) is 17.6 Å². The number of benzene rings is 1. The Morgan fingerprint density at radius 1 is 1.15 bits per heavy atom. The quantitative estimate of drug-likeness (QED) is 0.661. The van der Waals surface area contributed by atoms with Crippen molar-refractivity contribution in [2.75, 3.05) is 36.0 Å². The summed E-state index contributed by atoms with van der Waals surface area (Å²) in [6.07, 6.45) is 5.85. The van der Waals surface area contributed by atoms with Gasteiger partial charge in [0.15, 0.2) is 0 Å². The van der Waals surface area contributed by atoms with E-state index in [2.05, 4.69) is 20.9 Å². The summed E-state index contributed by atoms with van der Waals surface area (Å²) in [4.78, 5) is 27.7. The first-order chi connectivity index (χ1) is 15.9. The lowest BCUT2D eigenvalue weighted by Gasteiger charge is -2.39. The summed E-state index contributed by atoms with van der Waals surface area (Å²) in [6, 6.07) is 11.5. The number of fused-ring (bicyclic) bond motifs is 1. The summed E-state index contributed by atoms with van der Waals surface area (Å²) in [7, 11) is 0. The van der Waals surface area contributed by atoms with Crippen molar-refractivity contribution in [3.63, 3.8) is 0 Å². The smallest absolute Gasteiger partial charge is 0.263 e. The number of nitrogens with zero attached hydrogens (tertiary/aromatic N) is 6. The third kappa shape index (κ3) is 4.16. The van der Waals surface area contributed by atoms with Crippen LogP contribution in [0.1, 0.15) is 43.7 Å². The Bertz CT molecular complexity index is 1280. The van der Waals surface area contributed by atoms with E-state index in [1.54, 1.807) is 16.8 Å². The highest BCUT2D eigenvalue weighted by atomic mass is 16.1. The van der Waals surface area contributed by atoms with Crippen molar-refractivity contribution >= 4 is 22.7 Å². The van der Waals surface area contributed by atoms with Crippen molar-refractivity contribution in [1.29, 1.82) is 5.26 Å². The van der Waals surface area contributed by atoms with Crippen molar-refractivity contribution < 1.29 is 0 Å². The molecule has 8 heteroatoms. The molecule has 2 fully saturated rings. The number of nitrogens with two attached hydrogens (primary N) is 1. The van der Waals surface area contributed by atoms with Gasteiger partial charge in [0, 0.05) is 31.7 Å². The number of hydrogen-bond donors (Lipinski definition) is 1. The molecule has 0 spiro atoms. The fourth-order valence-corrected chi connectivity index (χ4v) is 4.98. The van der Waals surface area contributed by atoms with Gasteiger partial charge in [0.1, 0.15) is 5.82 Å². The van der Waals surface area contributed by atoms with E-state index in [9.17, 15) is 10.1 Å². The van der Waals surface area contributed by atoms with Gasteiger partial charge >= 0.3 is 0 Å². The standard InChI is InChI=1S/C25H29N7O/c1-25(27)9-6-12-31(17-25)24-29-21-15-28-22(30-10-4-5-11-30)13-20(21)23(33)32(24)16-19-8-3-2-7-18(19)14-26/h2-3,7-8,13,15H,4-6,9-12,16-17,27H2,1H3/t25-/m0/s1. The molecule has 1 aromatic carbocycles. The molecule has 2 aromatic heterocycles. The van der Waals surface area contributed by atoms with Crippen molar-refractivity contribution in [3.05, 3.63) is 58.0 Å². The monoisotopic (exact) mass is 443 g/mol. The second-order valence-corrected chi connectivity index (χ2v) is 9.50. The van der Waals surface area contributed by atoms with Gasteiger partial charge in [0.2, 0.25) is 5.95 Å². The fraction of sp³-hybridized carbons (Fsp3) is 0.440. The largest absolute Gasteiger partial charge is 0.357 e. The van der Waals surface area contributed by atoms with Crippen molar-refractivity contribution in [2.24, 2.45) is 5.73 Å². The van der Waals surface area contributed by atoms with Gasteiger partial charge in [0.05, 0.1) is 35.3 Å². The Hall–Kier alpha value is -3.44. The maximum atomic E-state index is 13.9. The van der Waals surface area contributed by atoms with Crippen LogP contribution in [0.15, 0.2) is 41.3 Å². The van der Waals surface area contributed by atoms with Crippen LogP contribution in [0.3, 0.4) is 0 Å². The predicted octanol–water partition coefficient (Wildman–Crippen LogP) is 2.63. The van der Waals surface area contributed by atoms with E-state index < -0.39 is 0 Å².